The lowest BCUT2D eigenvalue weighted by molar-refractivity contribution is -0.133. The number of pyridine rings is 1. The van der Waals surface area contributed by atoms with Gasteiger partial charge in [-0.05, 0) is 41.9 Å². The Balaban J connectivity index is 1.39. The summed E-state index contributed by atoms with van der Waals surface area (Å²) >= 11 is 5.85. The van der Waals surface area contributed by atoms with Crippen LogP contribution in [-0.2, 0) is 35.6 Å². The molecule has 0 atom stereocenters. The van der Waals surface area contributed by atoms with Crippen LogP contribution in [0.3, 0.4) is 0 Å². The highest BCUT2D eigenvalue weighted by molar-refractivity contribution is 6.30. The first-order valence-electron chi connectivity index (χ1n) is 8.67. The van der Waals surface area contributed by atoms with E-state index in [4.69, 9.17) is 16.3 Å². The zero-order valence-electron chi connectivity index (χ0n) is 14.0. The zero-order chi connectivity index (χ0) is 17.2. The van der Waals surface area contributed by atoms with Gasteiger partial charge in [-0.1, -0.05) is 11.6 Å². The first-order chi connectivity index (χ1) is 12.2. The summed E-state index contributed by atoms with van der Waals surface area (Å²) in [5.41, 5.74) is 3.56. The summed E-state index contributed by atoms with van der Waals surface area (Å²) in [6.07, 6.45) is 10.4. The van der Waals surface area contributed by atoms with Gasteiger partial charge in [-0.3, -0.25) is 14.5 Å². The molecule has 0 N–H and O–H groups in total. The lowest BCUT2D eigenvalue weighted by Gasteiger charge is -2.30. The summed E-state index contributed by atoms with van der Waals surface area (Å²) in [4.78, 5) is 18.7. The van der Waals surface area contributed by atoms with Crippen molar-refractivity contribution in [1.82, 2.24) is 19.7 Å². The minimum absolute atomic E-state index is 0.0424. The largest absolute Gasteiger partial charge is 0.376 e. The smallest absolute Gasteiger partial charge is 0.244 e. The third kappa shape index (κ3) is 4.02. The van der Waals surface area contributed by atoms with Crippen LogP contribution in [0.25, 0.3) is 0 Å². The fourth-order valence-electron chi connectivity index (χ4n) is 3.19. The van der Waals surface area contributed by atoms with Crippen LogP contribution in [0.1, 0.15) is 29.5 Å². The molecule has 1 aliphatic carbocycles. The number of halogens is 1. The number of fused-ring (bicyclic) bond motifs is 1. The molecule has 0 bridgehead atoms. The monoisotopic (exact) mass is 360 g/mol. The minimum Gasteiger partial charge on any atom is -0.376 e. The first kappa shape index (κ1) is 16.5. The third-order valence-electron chi connectivity index (χ3n) is 4.79. The van der Waals surface area contributed by atoms with Crippen LogP contribution in [-0.4, -0.2) is 38.7 Å². The fraction of sp³-hybridized carbons (Fsp3) is 0.500. The topological polar surface area (TPSA) is 60.2 Å². The van der Waals surface area contributed by atoms with Crippen LogP contribution in [0.15, 0.2) is 24.8 Å². The second-order valence-corrected chi connectivity index (χ2v) is 7.25. The van der Waals surface area contributed by atoms with Gasteiger partial charge in [-0.15, -0.1) is 0 Å². The van der Waals surface area contributed by atoms with E-state index in [-0.39, 0.29) is 12.5 Å². The Bertz CT molecular complexity index is 772. The SMILES string of the molecule is O=C(Cn1cc(Cl)cn1)N1CCc2c(COCC3CC3)cncc2C1. The van der Waals surface area contributed by atoms with Crippen LogP contribution in [0.5, 0.6) is 0 Å². The molecule has 1 aliphatic heterocycles. The second kappa shape index (κ2) is 7.14. The van der Waals surface area contributed by atoms with Crippen molar-refractivity contribution >= 4 is 17.5 Å². The summed E-state index contributed by atoms with van der Waals surface area (Å²) in [7, 11) is 0. The normalized spacial score (nSPS) is 16.8. The molecule has 132 valence electrons. The molecule has 7 heteroatoms. The molecule has 1 fully saturated rings. The Morgan fingerprint density at radius 1 is 1.32 bits per heavy atom. The number of ether oxygens (including phenoxy) is 1. The van der Waals surface area contributed by atoms with Gasteiger partial charge in [0.05, 0.1) is 17.8 Å². The maximum absolute atomic E-state index is 12.5. The van der Waals surface area contributed by atoms with Crippen LogP contribution in [0.2, 0.25) is 5.02 Å². The Labute approximate surface area is 151 Å². The molecular weight excluding hydrogens is 340 g/mol. The first-order valence-corrected chi connectivity index (χ1v) is 9.05. The van der Waals surface area contributed by atoms with Gasteiger partial charge in [-0.25, -0.2) is 0 Å². The van der Waals surface area contributed by atoms with Crippen molar-refractivity contribution in [2.24, 2.45) is 5.92 Å². The Kier molecular flexibility index (Phi) is 4.72. The lowest BCUT2D eigenvalue weighted by atomic mass is 9.97. The number of rotatable bonds is 6. The van der Waals surface area contributed by atoms with Crippen molar-refractivity contribution in [3.05, 3.63) is 46.5 Å². The lowest BCUT2D eigenvalue weighted by Crippen LogP contribution is -2.38. The number of hydrogen-bond donors (Lipinski definition) is 0. The van der Waals surface area contributed by atoms with Gasteiger partial charge in [0.15, 0.2) is 0 Å². The Hall–Kier alpha value is -1.92. The Morgan fingerprint density at radius 3 is 2.96 bits per heavy atom. The quantitative estimate of drug-likeness (QED) is 0.793. The number of carbonyl (C=O) groups is 1. The van der Waals surface area contributed by atoms with E-state index in [0.717, 1.165) is 30.1 Å². The highest BCUT2D eigenvalue weighted by atomic mass is 35.5. The van der Waals surface area contributed by atoms with Crippen LogP contribution >= 0.6 is 11.6 Å². The van der Waals surface area contributed by atoms with Gasteiger partial charge < -0.3 is 9.64 Å². The van der Waals surface area contributed by atoms with Gasteiger partial charge in [-0.2, -0.15) is 5.10 Å². The zero-order valence-corrected chi connectivity index (χ0v) is 14.8. The predicted molar refractivity (Wildman–Crippen MR) is 93.0 cm³/mol. The summed E-state index contributed by atoms with van der Waals surface area (Å²) in [5.74, 6) is 0.803. The molecule has 2 aromatic heterocycles. The van der Waals surface area contributed by atoms with Crippen molar-refractivity contribution in [1.29, 1.82) is 0 Å². The highest BCUT2D eigenvalue weighted by Gasteiger charge is 2.24. The molecule has 2 aromatic rings. The maximum atomic E-state index is 12.5. The second-order valence-electron chi connectivity index (χ2n) is 6.82. The molecule has 1 saturated carbocycles. The Morgan fingerprint density at radius 2 is 2.20 bits per heavy atom. The van der Waals surface area contributed by atoms with Crippen molar-refractivity contribution < 1.29 is 9.53 Å². The van der Waals surface area contributed by atoms with Gasteiger partial charge in [0.25, 0.3) is 0 Å². The average molecular weight is 361 g/mol. The van der Waals surface area contributed by atoms with E-state index >= 15 is 0 Å². The summed E-state index contributed by atoms with van der Waals surface area (Å²) < 4.78 is 7.39. The summed E-state index contributed by atoms with van der Waals surface area (Å²) in [5, 5.41) is 4.61. The molecule has 6 nitrogen and oxygen atoms in total. The molecule has 4 rings (SSSR count). The van der Waals surface area contributed by atoms with Gasteiger partial charge in [0, 0.05) is 38.3 Å². The van der Waals surface area contributed by atoms with Crippen molar-refractivity contribution in [3.8, 4) is 0 Å². The van der Waals surface area contributed by atoms with E-state index in [1.54, 1.807) is 10.9 Å². The van der Waals surface area contributed by atoms with Crippen LogP contribution in [0, 0.1) is 5.92 Å². The molecule has 2 aliphatic rings. The van der Waals surface area contributed by atoms with Gasteiger partial charge in [0.2, 0.25) is 5.91 Å². The molecule has 25 heavy (non-hydrogen) atoms. The fourth-order valence-corrected chi connectivity index (χ4v) is 3.35. The van der Waals surface area contributed by atoms with Crippen LogP contribution < -0.4 is 0 Å². The predicted octanol–water partition coefficient (Wildman–Crippen LogP) is 2.44. The molecule has 1 amide bonds. The maximum Gasteiger partial charge on any atom is 0.244 e. The van der Waals surface area contributed by atoms with E-state index in [0.29, 0.717) is 24.7 Å². The van der Waals surface area contributed by atoms with Crippen molar-refractivity contribution in [3.63, 3.8) is 0 Å². The molecule has 0 saturated heterocycles. The van der Waals surface area contributed by atoms with E-state index in [1.165, 1.54) is 24.6 Å². The highest BCUT2D eigenvalue weighted by Crippen LogP contribution is 2.29. The number of hydrogen-bond acceptors (Lipinski definition) is 4. The molecule has 0 radical (unpaired) electrons. The van der Waals surface area contributed by atoms with Crippen molar-refractivity contribution in [2.45, 2.75) is 39.0 Å². The molecule has 0 unspecified atom stereocenters. The minimum atomic E-state index is 0.0424. The standard InChI is InChI=1S/C18H21ClN4O2/c19-16-7-21-23(9-16)10-18(24)22-4-3-17-14(8-22)5-20-6-15(17)12-25-11-13-1-2-13/h5-7,9,13H,1-4,8,10-12H2. The molecule has 0 aromatic carbocycles. The number of amides is 1. The van der Waals surface area contributed by atoms with Gasteiger partial charge in [0.1, 0.15) is 6.54 Å². The van der Waals surface area contributed by atoms with E-state index in [9.17, 15) is 4.79 Å². The third-order valence-corrected chi connectivity index (χ3v) is 4.98. The van der Waals surface area contributed by atoms with Crippen molar-refractivity contribution in [2.75, 3.05) is 13.2 Å². The summed E-state index contributed by atoms with van der Waals surface area (Å²) in [6.45, 7) is 2.97. The van der Waals surface area contributed by atoms with E-state index in [1.807, 2.05) is 17.3 Å². The van der Waals surface area contributed by atoms with Gasteiger partial charge >= 0.3 is 0 Å². The summed E-state index contributed by atoms with van der Waals surface area (Å²) in [6, 6.07) is 0. The van der Waals surface area contributed by atoms with E-state index < -0.39 is 0 Å². The number of nitrogens with zero attached hydrogens (tertiary/aromatic N) is 4. The average Bonchev–Trinajstić information content (AvgIpc) is 3.35. The van der Waals surface area contributed by atoms with E-state index in [2.05, 4.69) is 10.1 Å². The molecule has 0 spiro atoms. The molecular formula is C18H21ClN4O2. The number of carbonyl (C=O) groups excluding carboxylic acids is 1. The number of aromatic nitrogens is 3. The molecule has 3 heterocycles. The van der Waals surface area contributed by atoms with Crippen LogP contribution in [0.4, 0.5) is 0 Å².